The Bertz CT molecular complexity index is 489. The Balaban J connectivity index is 1.65. The van der Waals surface area contributed by atoms with E-state index in [1.807, 2.05) is 17.0 Å². The highest BCUT2D eigenvalue weighted by molar-refractivity contribution is 5.93. The van der Waals surface area contributed by atoms with Gasteiger partial charge < -0.3 is 10.2 Å². The lowest BCUT2D eigenvalue weighted by molar-refractivity contribution is 0.0691. The molecule has 1 N–H and O–H groups in total. The molecule has 0 aromatic carbocycles. The summed E-state index contributed by atoms with van der Waals surface area (Å²) < 4.78 is 0. The molecule has 0 bridgehead atoms. The number of hydrogen-bond donors (Lipinski definition) is 1. The maximum Gasteiger partial charge on any atom is 0.272 e. The van der Waals surface area contributed by atoms with Crippen molar-refractivity contribution in [2.75, 3.05) is 18.4 Å². The first kappa shape index (κ1) is 14.4. The quantitative estimate of drug-likeness (QED) is 0.927. The van der Waals surface area contributed by atoms with E-state index in [9.17, 15) is 4.79 Å². The van der Waals surface area contributed by atoms with Crippen molar-refractivity contribution in [2.45, 2.75) is 51.5 Å². The number of nitrogens with zero attached hydrogens (tertiary/aromatic N) is 2. The standard InChI is InChI=1S/C17H25N3O/c1-13-7-10-20(11-8-13)17(21)16-12-15(6-9-18-16)19-14-4-2-3-5-14/h6,9,12-14H,2-5,7-8,10-11H2,1H3,(H,18,19). The molecule has 1 aliphatic heterocycles. The Labute approximate surface area is 126 Å². The van der Waals surface area contributed by atoms with Crippen LogP contribution < -0.4 is 5.32 Å². The van der Waals surface area contributed by atoms with Crippen molar-refractivity contribution in [1.82, 2.24) is 9.88 Å². The maximum atomic E-state index is 12.5. The molecule has 21 heavy (non-hydrogen) atoms. The van der Waals surface area contributed by atoms with Crippen molar-refractivity contribution in [2.24, 2.45) is 5.92 Å². The summed E-state index contributed by atoms with van der Waals surface area (Å²) in [5.41, 5.74) is 1.61. The van der Waals surface area contributed by atoms with Crippen molar-refractivity contribution < 1.29 is 4.79 Å². The van der Waals surface area contributed by atoms with E-state index in [2.05, 4.69) is 17.2 Å². The molecule has 0 unspecified atom stereocenters. The normalized spacial score (nSPS) is 20.7. The fourth-order valence-corrected chi connectivity index (χ4v) is 3.32. The summed E-state index contributed by atoms with van der Waals surface area (Å²) in [6, 6.07) is 4.44. The first-order chi connectivity index (χ1) is 10.2. The molecule has 3 rings (SSSR count). The molecule has 1 saturated heterocycles. The van der Waals surface area contributed by atoms with Crippen LogP contribution in [-0.2, 0) is 0 Å². The lowest BCUT2D eigenvalue weighted by atomic mass is 9.99. The van der Waals surface area contributed by atoms with Crippen molar-refractivity contribution in [3.8, 4) is 0 Å². The molecule has 1 aromatic rings. The second kappa shape index (κ2) is 6.46. The Morgan fingerprint density at radius 1 is 1.24 bits per heavy atom. The Hall–Kier alpha value is -1.58. The highest BCUT2D eigenvalue weighted by atomic mass is 16.2. The summed E-state index contributed by atoms with van der Waals surface area (Å²) >= 11 is 0. The predicted molar refractivity (Wildman–Crippen MR) is 84.4 cm³/mol. The van der Waals surface area contributed by atoms with Crippen LogP contribution in [0.2, 0.25) is 0 Å². The third kappa shape index (κ3) is 3.55. The molecule has 0 atom stereocenters. The van der Waals surface area contributed by atoms with Gasteiger partial charge in [0.15, 0.2) is 0 Å². The molecule has 0 radical (unpaired) electrons. The largest absolute Gasteiger partial charge is 0.382 e. The summed E-state index contributed by atoms with van der Waals surface area (Å²) in [6.07, 6.45) is 9.03. The second-order valence-corrected chi connectivity index (χ2v) is 6.53. The smallest absolute Gasteiger partial charge is 0.272 e. The van der Waals surface area contributed by atoms with Crippen LogP contribution >= 0.6 is 0 Å². The maximum absolute atomic E-state index is 12.5. The van der Waals surface area contributed by atoms with Gasteiger partial charge in [-0.25, -0.2) is 0 Å². The first-order valence-electron chi connectivity index (χ1n) is 8.24. The number of pyridine rings is 1. The van der Waals surface area contributed by atoms with Gasteiger partial charge in [0.25, 0.3) is 5.91 Å². The van der Waals surface area contributed by atoms with E-state index in [0.29, 0.717) is 11.7 Å². The Morgan fingerprint density at radius 3 is 2.67 bits per heavy atom. The van der Waals surface area contributed by atoms with Crippen LogP contribution in [0.5, 0.6) is 0 Å². The second-order valence-electron chi connectivity index (χ2n) is 6.53. The minimum atomic E-state index is 0.0805. The predicted octanol–water partition coefficient (Wildman–Crippen LogP) is 3.31. The van der Waals surface area contributed by atoms with Gasteiger partial charge >= 0.3 is 0 Å². The number of rotatable bonds is 3. The van der Waals surface area contributed by atoms with E-state index in [4.69, 9.17) is 0 Å². The SMILES string of the molecule is CC1CCN(C(=O)c2cc(NC3CCCC3)ccn2)CC1. The van der Waals surface area contributed by atoms with Crippen molar-refractivity contribution in [3.05, 3.63) is 24.0 Å². The van der Waals surface area contributed by atoms with Crippen molar-refractivity contribution in [3.63, 3.8) is 0 Å². The zero-order valence-electron chi connectivity index (χ0n) is 12.8. The number of anilines is 1. The van der Waals surface area contributed by atoms with Gasteiger partial charge in [-0.15, -0.1) is 0 Å². The molecule has 1 aromatic heterocycles. The Kier molecular flexibility index (Phi) is 4.42. The number of piperidine rings is 1. The summed E-state index contributed by atoms with van der Waals surface area (Å²) in [5.74, 6) is 0.814. The lowest BCUT2D eigenvalue weighted by Crippen LogP contribution is -2.38. The van der Waals surface area contributed by atoms with Gasteiger partial charge in [-0.05, 0) is 43.7 Å². The molecule has 4 nitrogen and oxygen atoms in total. The van der Waals surface area contributed by atoms with Crippen LogP contribution in [0.3, 0.4) is 0 Å². The molecule has 2 heterocycles. The summed E-state index contributed by atoms with van der Waals surface area (Å²) in [6.45, 7) is 3.98. The van der Waals surface area contributed by atoms with Crippen molar-refractivity contribution in [1.29, 1.82) is 0 Å². The topological polar surface area (TPSA) is 45.2 Å². The van der Waals surface area contributed by atoms with E-state index < -0.39 is 0 Å². The number of hydrogen-bond acceptors (Lipinski definition) is 3. The summed E-state index contributed by atoms with van der Waals surface area (Å²) in [7, 11) is 0. The third-order valence-electron chi connectivity index (χ3n) is 4.78. The number of carbonyl (C=O) groups is 1. The molecule has 4 heteroatoms. The van der Waals surface area contributed by atoms with Gasteiger partial charge in [0.1, 0.15) is 5.69 Å². The van der Waals surface area contributed by atoms with E-state index in [1.165, 1.54) is 25.7 Å². The van der Waals surface area contributed by atoms with Gasteiger partial charge in [0.2, 0.25) is 0 Å². The van der Waals surface area contributed by atoms with Gasteiger partial charge in [-0.3, -0.25) is 9.78 Å². The number of likely N-dealkylation sites (tertiary alicyclic amines) is 1. The monoisotopic (exact) mass is 287 g/mol. The van der Waals surface area contributed by atoms with Crippen LogP contribution in [-0.4, -0.2) is 34.9 Å². The molecule has 2 aliphatic rings. The molecular weight excluding hydrogens is 262 g/mol. The minimum Gasteiger partial charge on any atom is -0.382 e. The van der Waals surface area contributed by atoms with Gasteiger partial charge in [0, 0.05) is 31.0 Å². The number of nitrogens with one attached hydrogen (secondary N) is 1. The van der Waals surface area contributed by atoms with E-state index in [0.717, 1.165) is 37.5 Å². The fraction of sp³-hybridized carbons (Fsp3) is 0.647. The molecule has 1 aliphatic carbocycles. The van der Waals surface area contributed by atoms with E-state index >= 15 is 0 Å². The summed E-state index contributed by atoms with van der Waals surface area (Å²) in [5, 5.41) is 3.54. The van der Waals surface area contributed by atoms with Crippen LogP contribution in [0.25, 0.3) is 0 Å². The van der Waals surface area contributed by atoms with Crippen LogP contribution in [0.4, 0.5) is 5.69 Å². The molecule has 114 valence electrons. The van der Waals surface area contributed by atoms with Gasteiger partial charge in [-0.1, -0.05) is 19.8 Å². The highest BCUT2D eigenvalue weighted by Gasteiger charge is 2.22. The van der Waals surface area contributed by atoms with Crippen LogP contribution in [0, 0.1) is 5.92 Å². The van der Waals surface area contributed by atoms with E-state index in [1.54, 1.807) is 6.20 Å². The van der Waals surface area contributed by atoms with Gasteiger partial charge in [-0.2, -0.15) is 0 Å². The van der Waals surface area contributed by atoms with Crippen LogP contribution in [0.15, 0.2) is 18.3 Å². The molecule has 1 saturated carbocycles. The summed E-state index contributed by atoms with van der Waals surface area (Å²) in [4.78, 5) is 18.8. The zero-order valence-corrected chi connectivity index (χ0v) is 12.8. The van der Waals surface area contributed by atoms with E-state index in [-0.39, 0.29) is 5.91 Å². The number of carbonyl (C=O) groups excluding carboxylic acids is 1. The minimum absolute atomic E-state index is 0.0805. The Morgan fingerprint density at radius 2 is 1.95 bits per heavy atom. The molecule has 1 amide bonds. The molecular formula is C17H25N3O. The average Bonchev–Trinajstić information content (AvgIpc) is 3.00. The van der Waals surface area contributed by atoms with Gasteiger partial charge in [0.05, 0.1) is 0 Å². The van der Waals surface area contributed by atoms with Crippen LogP contribution in [0.1, 0.15) is 55.9 Å². The number of amides is 1. The number of aromatic nitrogens is 1. The lowest BCUT2D eigenvalue weighted by Gasteiger charge is -2.30. The highest BCUT2D eigenvalue weighted by Crippen LogP contribution is 2.23. The first-order valence-corrected chi connectivity index (χ1v) is 8.24. The third-order valence-corrected chi connectivity index (χ3v) is 4.78. The average molecular weight is 287 g/mol. The molecule has 2 fully saturated rings. The zero-order chi connectivity index (χ0) is 14.7. The molecule has 0 spiro atoms. The fourth-order valence-electron chi connectivity index (χ4n) is 3.32. The van der Waals surface area contributed by atoms with Crippen molar-refractivity contribution >= 4 is 11.6 Å².